The minimum atomic E-state index is -0.925. The normalized spacial score (nSPS) is 20.8. The fourth-order valence-corrected chi connectivity index (χ4v) is 2.29. The molecular weight excluding hydrogens is 248 g/mol. The number of aliphatic carboxylic acids is 1. The molecule has 19 heavy (non-hydrogen) atoms. The Hall–Kier alpha value is -1.59. The Kier molecular flexibility index (Phi) is 4.91. The second kappa shape index (κ2) is 6.04. The van der Waals surface area contributed by atoms with Gasteiger partial charge in [-0.1, -0.05) is 6.92 Å². The van der Waals surface area contributed by atoms with Gasteiger partial charge in [0.25, 0.3) is 0 Å². The van der Waals surface area contributed by atoms with Crippen LogP contribution in [0.2, 0.25) is 0 Å². The molecule has 6 heteroatoms. The van der Waals surface area contributed by atoms with Gasteiger partial charge >= 0.3 is 5.97 Å². The van der Waals surface area contributed by atoms with Crippen molar-refractivity contribution in [3.8, 4) is 0 Å². The highest BCUT2D eigenvalue weighted by molar-refractivity contribution is 5.89. The van der Waals surface area contributed by atoms with Crippen LogP contribution in [0.3, 0.4) is 0 Å². The van der Waals surface area contributed by atoms with E-state index in [1.165, 1.54) is 4.90 Å². The van der Waals surface area contributed by atoms with E-state index in [4.69, 9.17) is 5.11 Å². The Morgan fingerprint density at radius 3 is 2.42 bits per heavy atom. The van der Waals surface area contributed by atoms with Gasteiger partial charge in [-0.15, -0.1) is 0 Å². The maximum atomic E-state index is 12.2. The number of hydrogen-bond donors (Lipinski definition) is 1. The van der Waals surface area contributed by atoms with Crippen molar-refractivity contribution in [3.63, 3.8) is 0 Å². The molecular formula is C13H22N2O4. The predicted molar refractivity (Wildman–Crippen MR) is 69.4 cm³/mol. The summed E-state index contributed by atoms with van der Waals surface area (Å²) in [6.07, 6.45) is 0.225. The Balaban J connectivity index is 2.59. The summed E-state index contributed by atoms with van der Waals surface area (Å²) >= 11 is 0. The van der Waals surface area contributed by atoms with Crippen LogP contribution in [0, 0.1) is 11.8 Å². The molecule has 0 aromatic carbocycles. The van der Waals surface area contributed by atoms with Crippen molar-refractivity contribution in [1.82, 2.24) is 9.80 Å². The fourth-order valence-electron chi connectivity index (χ4n) is 2.29. The lowest BCUT2D eigenvalue weighted by Crippen LogP contribution is -2.39. The Labute approximate surface area is 113 Å². The summed E-state index contributed by atoms with van der Waals surface area (Å²) < 4.78 is 0. The minimum Gasteiger partial charge on any atom is -0.481 e. The number of likely N-dealkylation sites (tertiary alicyclic amines) is 1. The molecule has 0 radical (unpaired) electrons. The molecule has 0 saturated carbocycles. The maximum Gasteiger partial charge on any atom is 0.308 e. The van der Waals surface area contributed by atoms with Gasteiger partial charge in [0.2, 0.25) is 11.8 Å². The molecule has 1 N–H and O–H groups in total. The van der Waals surface area contributed by atoms with Crippen molar-refractivity contribution in [3.05, 3.63) is 0 Å². The van der Waals surface area contributed by atoms with Crippen LogP contribution in [0.5, 0.6) is 0 Å². The lowest BCUT2D eigenvalue weighted by Gasteiger charge is -2.24. The largest absolute Gasteiger partial charge is 0.481 e. The highest BCUT2D eigenvalue weighted by Gasteiger charge is 2.37. The van der Waals surface area contributed by atoms with Gasteiger partial charge in [0.05, 0.1) is 11.8 Å². The van der Waals surface area contributed by atoms with Gasteiger partial charge in [-0.05, 0) is 13.8 Å². The smallest absolute Gasteiger partial charge is 0.308 e. The highest BCUT2D eigenvalue weighted by Crippen LogP contribution is 2.22. The van der Waals surface area contributed by atoms with E-state index in [-0.39, 0.29) is 36.7 Å². The SMILES string of the molecule is CC(CN(C)C(=O)C1CC(=O)N(C(C)C)C1)C(=O)O. The number of carboxylic acids is 1. The summed E-state index contributed by atoms with van der Waals surface area (Å²) in [7, 11) is 1.59. The molecule has 0 aromatic heterocycles. The highest BCUT2D eigenvalue weighted by atomic mass is 16.4. The zero-order valence-corrected chi connectivity index (χ0v) is 11.9. The summed E-state index contributed by atoms with van der Waals surface area (Å²) in [6, 6.07) is 0.0912. The number of rotatable bonds is 5. The third kappa shape index (κ3) is 3.68. The number of nitrogens with zero attached hydrogens (tertiary/aromatic N) is 2. The van der Waals surface area contributed by atoms with Gasteiger partial charge in [-0.3, -0.25) is 14.4 Å². The molecule has 1 aliphatic rings. The van der Waals surface area contributed by atoms with E-state index in [1.807, 2.05) is 13.8 Å². The van der Waals surface area contributed by atoms with Crippen molar-refractivity contribution >= 4 is 17.8 Å². The van der Waals surface area contributed by atoms with Gasteiger partial charge in [0.15, 0.2) is 0 Å². The lowest BCUT2D eigenvalue weighted by molar-refractivity contribution is -0.143. The molecule has 0 aliphatic carbocycles. The molecule has 2 atom stereocenters. The third-order valence-electron chi connectivity index (χ3n) is 3.48. The first-order valence-electron chi connectivity index (χ1n) is 6.51. The summed E-state index contributed by atoms with van der Waals surface area (Å²) in [5, 5.41) is 8.83. The van der Waals surface area contributed by atoms with E-state index in [0.29, 0.717) is 6.54 Å². The monoisotopic (exact) mass is 270 g/mol. The summed E-state index contributed by atoms with van der Waals surface area (Å²) in [4.78, 5) is 37.8. The van der Waals surface area contributed by atoms with Crippen molar-refractivity contribution in [1.29, 1.82) is 0 Å². The first-order chi connectivity index (χ1) is 8.73. The second-order valence-electron chi connectivity index (χ2n) is 5.50. The van der Waals surface area contributed by atoms with Crippen LogP contribution in [0.15, 0.2) is 0 Å². The molecule has 2 unspecified atom stereocenters. The third-order valence-corrected chi connectivity index (χ3v) is 3.48. The number of carbonyl (C=O) groups is 3. The number of hydrogen-bond acceptors (Lipinski definition) is 3. The van der Waals surface area contributed by atoms with Crippen molar-refractivity contribution < 1.29 is 19.5 Å². The van der Waals surface area contributed by atoms with Crippen LogP contribution in [0.1, 0.15) is 27.2 Å². The first-order valence-corrected chi connectivity index (χ1v) is 6.51. The first kappa shape index (κ1) is 15.5. The van der Waals surface area contributed by atoms with Crippen molar-refractivity contribution in [2.24, 2.45) is 11.8 Å². The quantitative estimate of drug-likeness (QED) is 0.785. The Morgan fingerprint density at radius 2 is 2.00 bits per heavy atom. The van der Waals surface area contributed by atoms with E-state index in [9.17, 15) is 14.4 Å². The molecule has 1 fully saturated rings. The number of amides is 2. The summed E-state index contributed by atoms with van der Waals surface area (Å²) in [5.74, 6) is -2.03. The van der Waals surface area contributed by atoms with Gasteiger partial charge in [-0.2, -0.15) is 0 Å². The molecule has 1 rings (SSSR count). The Bertz CT molecular complexity index is 381. The van der Waals surface area contributed by atoms with Crippen LogP contribution in [-0.2, 0) is 14.4 Å². The van der Waals surface area contributed by atoms with E-state index >= 15 is 0 Å². The minimum absolute atomic E-state index is 0.00645. The van der Waals surface area contributed by atoms with Crippen LogP contribution in [-0.4, -0.2) is 58.9 Å². The fraction of sp³-hybridized carbons (Fsp3) is 0.769. The molecule has 2 amide bonds. The van der Waals surface area contributed by atoms with Gasteiger partial charge in [-0.25, -0.2) is 0 Å². The Morgan fingerprint density at radius 1 is 1.42 bits per heavy atom. The van der Waals surface area contributed by atoms with Gasteiger partial charge in [0.1, 0.15) is 0 Å². The molecule has 1 heterocycles. The standard InChI is InChI=1S/C13H22N2O4/c1-8(2)15-7-10(5-11(15)16)12(17)14(4)6-9(3)13(18)19/h8-10H,5-7H2,1-4H3,(H,18,19). The molecule has 0 aromatic rings. The van der Waals surface area contributed by atoms with Crippen LogP contribution in [0.4, 0.5) is 0 Å². The lowest BCUT2D eigenvalue weighted by atomic mass is 10.1. The van der Waals surface area contributed by atoms with Crippen molar-refractivity contribution in [2.75, 3.05) is 20.1 Å². The second-order valence-corrected chi connectivity index (χ2v) is 5.50. The molecule has 1 saturated heterocycles. The van der Waals surface area contributed by atoms with E-state index in [2.05, 4.69) is 0 Å². The molecule has 1 aliphatic heterocycles. The van der Waals surface area contributed by atoms with Crippen LogP contribution in [0.25, 0.3) is 0 Å². The van der Waals surface area contributed by atoms with Crippen LogP contribution < -0.4 is 0 Å². The zero-order valence-electron chi connectivity index (χ0n) is 11.9. The van der Waals surface area contributed by atoms with E-state index < -0.39 is 11.9 Å². The average molecular weight is 270 g/mol. The zero-order chi connectivity index (χ0) is 14.7. The molecule has 108 valence electrons. The van der Waals surface area contributed by atoms with Gasteiger partial charge < -0.3 is 14.9 Å². The van der Waals surface area contributed by atoms with E-state index in [0.717, 1.165) is 0 Å². The van der Waals surface area contributed by atoms with Crippen molar-refractivity contribution in [2.45, 2.75) is 33.2 Å². The van der Waals surface area contributed by atoms with Gasteiger partial charge in [0, 0.05) is 32.6 Å². The number of carbonyl (C=O) groups excluding carboxylic acids is 2. The molecule has 0 spiro atoms. The van der Waals surface area contributed by atoms with E-state index in [1.54, 1.807) is 18.9 Å². The molecule has 6 nitrogen and oxygen atoms in total. The topological polar surface area (TPSA) is 77.9 Å². The maximum absolute atomic E-state index is 12.2. The predicted octanol–water partition coefficient (Wildman–Crippen LogP) is 0.422. The summed E-state index contributed by atoms with van der Waals surface area (Å²) in [6.45, 7) is 6.00. The molecule has 0 bridgehead atoms. The summed E-state index contributed by atoms with van der Waals surface area (Å²) in [5.41, 5.74) is 0. The van der Waals surface area contributed by atoms with Crippen LogP contribution >= 0.6 is 0 Å². The average Bonchev–Trinajstić information content (AvgIpc) is 2.70. The number of carboxylic acid groups (broad SMARTS) is 1.